The Kier molecular flexibility index (Phi) is 4.38. The minimum absolute atomic E-state index is 0.0214. The Morgan fingerprint density at radius 3 is 2.50 bits per heavy atom. The molecule has 32 heavy (non-hydrogen) atoms. The van der Waals surface area contributed by atoms with Crippen LogP contribution in [-0.2, 0) is 4.79 Å². The summed E-state index contributed by atoms with van der Waals surface area (Å²) >= 11 is 1.81. The van der Waals surface area contributed by atoms with Gasteiger partial charge in [0.2, 0.25) is 0 Å². The van der Waals surface area contributed by atoms with Gasteiger partial charge in [-0.25, -0.2) is 0 Å². The number of benzene rings is 3. The summed E-state index contributed by atoms with van der Waals surface area (Å²) in [5.74, 6) is 0.250. The summed E-state index contributed by atoms with van der Waals surface area (Å²) in [6.07, 6.45) is 1.49. The van der Waals surface area contributed by atoms with Crippen molar-refractivity contribution in [1.82, 2.24) is 0 Å². The third-order valence-corrected chi connectivity index (χ3v) is 7.92. The van der Waals surface area contributed by atoms with E-state index < -0.39 is 0 Å². The molecule has 1 atom stereocenters. The first kappa shape index (κ1) is 19.5. The molecule has 0 fully saturated rings. The van der Waals surface area contributed by atoms with Crippen LogP contribution in [0.3, 0.4) is 0 Å². The fourth-order valence-corrected chi connectivity index (χ4v) is 6.49. The largest absolute Gasteiger partial charge is 0.358 e. The van der Waals surface area contributed by atoms with Crippen LogP contribution in [0.2, 0.25) is 0 Å². The third kappa shape index (κ3) is 3.11. The lowest BCUT2D eigenvalue weighted by molar-refractivity contribution is -0.118. The summed E-state index contributed by atoms with van der Waals surface area (Å²) in [7, 11) is 0. The van der Waals surface area contributed by atoms with Crippen molar-refractivity contribution in [3.8, 4) is 10.4 Å². The normalized spacial score (nSPS) is 19.4. The van der Waals surface area contributed by atoms with Gasteiger partial charge in [0.1, 0.15) is 0 Å². The van der Waals surface area contributed by atoms with Gasteiger partial charge in [0.25, 0.3) is 0 Å². The van der Waals surface area contributed by atoms with Gasteiger partial charge in [0.15, 0.2) is 5.78 Å². The van der Waals surface area contributed by atoms with Crippen LogP contribution in [0, 0.1) is 5.41 Å². The lowest BCUT2D eigenvalue weighted by atomic mass is 9.69. The highest BCUT2D eigenvalue weighted by atomic mass is 32.1. The summed E-state index contributed by atoms with van der Waals surface area (Å²) in [4.78, 5) is 16.0. The number of nitrogens with one attached hydrogen (secondary N) is 1. The molecule has 0 radical (unpaired) electrons. The molecule has 0 saturated carbocycles. The molecule has 3 aromatic carbocycles. The molecule has 4 aromatic rings. The summed E-state index contributed by atoms with van der Waals surface area (Å²) in [5.41, 5.74) is 5.64. The minimum atomic E-state index is -0.0292. The van der Waals surface area contributed by atoms with Crippen molar-refractivity contribution in [3.63, 3.8) is 0 Å². The fraction of sp³-hybridized carbons (Fsp3) is 0.207. The van der Waals surface area contributed by atoms with Gasteiger partial charge >= 0.3 is 0 Å². The van der Waals surface area contributed by atoms with Crippen LogP contribution in [0.15, 0.2) is 90.1 Å². The zero-order valence-electron chi connectivity index (χ0n) is 18.3. The van der Waals surface area contributed by atoms with E-state index >= 15 is 0 Å². The van der Waals surface area contributed by atoms with Gasteiger partial charge < -0.3 is 5.32 Å². The monoisotopic (exact) mass is 435 g/mol. The Morgan fingerprint density at radius 1 is 0.875 bits per heavy atom. The van der Waals surface area contributed by atoms with Gasteiger partial charge in [-0.15, -0.1) is 11.3 Å². The van der Waals surface area contributed by atoms with E-state index in [1.54, 1.807) is 0 Å². The number of ketones is 1. The number of fused-ring (bicyclic) bond motifs is 3. The first-order valence-electron chi connectivity index (χ1n) is 11.2. The average molecular weight is 436 g/mol. The van der Waals surface area contributed by atoms with E-state index in [4.69, 9.17) is 0 Å². The number of rotatable bonds is 2. The van der Waals surface area contributed by atoms with Crippen LogP contribution in [0.4, 0.5) is 5.69 Å². The number of anilines is 1. The molecule has 0 amide bonds. The Labute approximate surface area is 192 Å². The lowest BCUT2D eigenvalue weighted by Crippen LogP contribution is -2.33. The molecule has 2 heterocycles. The van der Waals surface area contributed by atoms with E-state index in [2.05, 4.69) is 92.0 Å². The van der Waals surface area contributed by atoms with Crippen LogP contribution in [-0.4, -0.2) is 5.78 Å². The van der Waals surface area contributed by atoms with Crippen LogP contribution in [0.5, 0.6) is 0 Å². The highest BCUT2D eigenvalue weighted by molar-refractivity contribution is 7.15. The molecule has 3 heteroatoms. The Hall–Kier alpha value is -3.17. The van der Waals surface area contributed by atoms with Gasteiger partial charge in [-0.1, -0.05) is 74.5 Å². The van der Waals surface area contributed by atoms with Gasteiger partial charge in [0.05, 0.1) is 5.92 Å². The molecule has 1 unspecified atom stereocenters. The van der Waals surface area contributed by atoms with Crippen molar-refractivity contribution in [2.45, 2.75) is 32.6 Å². The second-order valence-corrected chi connectivity index (χ2v) is 10.8. The number of Topliss-reactive ketones (excluding diaryl/α,β-unsaturated/α-hetero) is 1. The molecule has 0 spiro atoms. The van der Waals surface area contributed by atoms with Crippen molar-refractivity contribution < 1.29 is 4.79 Å². The van der Waals surface area contributed by atoms with Gasteiger partial charge in [0, 0.05) is 33.1 Å². The smallest absolute Gasteiger partial charge is 0.162 e. The first-order valence-corrected chi connectivity index (χ1v) is 12.0. The summed E-state index contributed by atoms with van der Waals surface area (Å²) in [5, 5.41) is 6.12. The number of thiophene rings is 1. The Balaban J connectivity index is 1.59. The molecule has 6 rings (SSSR count). The number of hydrogen-bond donors (Lipinski definition) is 1. The van der Waals surface area contributed by atoms with E-state index in [0.29, 0.717) is 6.42 Å². The molecule has 158 valence electrons. The molecule has 1 aliphatic heterocycles. The van der Waals surface area contributed by atoms with E-state index in [9.17, 15) is 4.79 Å². The number of carbonyl (C=O) groups is 1. The highest BCUT2D eigenvalue weighted by Gasteiger charge is 2.41. The van der Waals surface area contributed by atoms with Crippen molar-refractivity contribution in [2.24, 2.45) is 5.41 Å². The molecular weight excluding hydrogens is 410 g/mol. The molecule has 2 aliphatic rings. The summed E-state index contributed by atoms with van der Waals surface area (Å²) in [6.45, 7) is 4.39. The van der Waals surface area contributed by atoms with Crippen LogP contribution in [0.1, 0.15) is 43.0 Å². The predicted molar refractivity (Wildman–Crippen MR) is 134 cm³/mol. The molecule has 0 bridgehead atoms. The lowest BCUT2D eigenvalue weighted by Gasteiger charge is -2.39. The fourth-order valence-electron chi connectivity index (χ4n) is 5.35. The van der Waals surface area contributed by atoms with Crippen LogP contribution in [0.25, 0.3) is 21.2 Å². The maximum absolute atomic E-state index is 13.6. The van der Waals surface area contributed by atoms with Crippen molar-refractivity contribution in [3.05, 3.63) is 101 Å². The molecule has 1 aliphatic carbocycles. The zero-order valence-corrected chi connectivity index (χ0v) is 19.1. The predicted octanol–water partition coefficient (Wildman–Crippen LogP) is 7.77. The van der Waals surface area contributed by atoms with Gasteiger partial charge in [-0.05, 0) is 51.9 Å². The highest BCUT2D eigenvalue weighted by Crippen LogP contribution is 2.52. The number of carbonyl (C=O) groups excluding carboxylic acids is 1. The maximum Gasteiger partial charge on any atom is 0.162 e. The SMILES string of the molecule is CC1(C)CC(=O)C2=C(C1)Nc1ccc3ccccc3c1C2c1ccc(-c2ccccc2)s1. The number of allylic oxidation sites excluding steroid dienone is 2. The summed E-state index contributed by atoms with van der Waals surface area (Å²) < 4.78 is 0. The van der Waals surface area contributed by atoms with Gasteiger partial charge in [-0.3, -0.25) is 4.79 Å². The zero-order chi connectivity index (χ0) is 21.9. The van der Waals surface area contributed by atoms with E-state index in [0.717, 1.165) is 23.4 Å². The quantitative estimate of drug-likeness (QED) is 0.348. The van der Waals surface area contributed by atoms with Crippen LogP contribution < -0.4 is 5.32 Å². The van der Waals surface area contributed by atoms with Gasteiger partial charge in [-0.2, -0.15) is 0 Å². The van der Waals surface area contributed by atoms with E-state index in [-0.39, 0.29) is 17.1 Å². The average Bonchev–Trinajstić information content (AvgIpc) is 3.27. The van der Waals surface area contributed by atoms with Crippen molar-refractivity contribution >= 4 is 33.6 Å². The first-order chi connectivity index (χ1) is 15.5. The van der Waals surface area contributed by atoms with E-state index in [1.165, 1.54) is 31.7 Å². The minimum Gasteiger partial charge on any atom is -0.358 e. The van der Waals surface area contributed by atoms with E-state index in [1.807, 2.05) is 17.4 Å². The second-order valence-electron chi connectivity index (χ2n) is 9.71. The van der Waals surface area contributed by atoms with Crippen LogP contribution >= 0.6 is 11.3 Å². The van der Waals surface area contributed by atoms with Crippen molar-refractivity contribution in [1.29, 1.82) is 0 Å². The Bertz CT molecular complexity index is 1390. The number of hydrogen-bond acceptors (Lipinski definition) is 3. The second kappa shape index (κ2) is 7.18. The standard InChI is InChI=1S/C29H25NOS/c1-29(2)16-22-27(23(31)17-29)28(25-15-14-24(32-25)19-9-4-3-5-10-19)26-20-11-7-6-8-18(20)12-13-21(26)30-22/h3-15,28,30H,16-17H2,1-2H3. The molecule has 1 N–H and O–H groups in total. The third-order valence-electron chi connectivity index (χ3n) is 6.72. The molecular formula is C29H25NOS. The maximum atomic E-state index is 13.6. The summed E-state index contributed by atoms with van der Waals surface area (Å²) in [6, 6.07) is 27.8. The topological polar surface area (TPSA) is 29.1 Å². The molecule has 1 aromatic heterocycles. The Morgan fingerprint density at radius 2 is 1.66 bits per heavy atom. The molecule has 0 saturated heterocycles. The molecule has 2 nitrogen and oxygen atoms in total. The van der Waals surface area contributed by atoms with Crippen molar-refractivity contribution in [2.75, 3.05) is 5.32 Å².